The number of carbonyl (C=O) groups excluding carboxylic acids is 1. The van der Waals surface area contributed by atoms with E-state index in [-0.39, 0.29) is 42.0 Å². The second-order valence-corrected chi connectivity index (χ2v) is 12.5. The summed E-state index contributed by atoms with van der Waals surface area (Å²) in [5, 5.41) is 12.4. The number of aryl methyl sites for hydroxylation is 3. The van der Waals surface area contributed by atoms with E-state index in [1.807, 2.05) is 32.0 Å². The predicted molar refractivity (Wildman–Crippen MR) is 170 cm³/mol. The van der Waals surface area contributed by atoms with Gasteiger partial charge in [0.2, 0.25) is 5.91 Å². The molecule has 0 saturated heterocycles. The Morgan fingerprint density at radius 3 is 2.28 bits per heavy atom. The molecule has 0 fully saturated rings. The number of halogens is 4. The third kappa shape index (κ3) is 8.84. The van der Waals surface area contributed by atoms with Crippen molar-refractivity contribution in [2.45, 2.75) is 78.6 Å². The summed E-state index contributed by atoms with van der Waals surface area (Å²) in [6.45, 7) is 9.32. The summed E-state index contributed by atoms with van der Waals surface area (Å²) < 4.78 is 58.5. The minimum atomic E-state index is -4.78. The standard InChI is InChI=1S/C35H43F4N3O4/c1-8-23-11-9-10-21(4)32(23)25-15-22(5)33(36)26(16-25)28(18-31(44)45)40-34(46)29(14-20(2)3)42-19-24(12-13-41(6)7)27(17-30(42)43)35(37,38)39/h9-11,15-17,19-20,28-29H,8,12-14,18H2,1-7H3,(H,40,46)(H,44,45). The zero-order chi connectivity index (χ0) is 34.5. The highest BCUT2D eigenvalue weighted by molar-refractivity contribution is 5.82. The summed E-state index contributed by atoms with van der Waals surface area (Å²) in [6.07, 6.45) is -3.64. The van der Waals surface area contributed by atoms with Crippen LogP contribution in [0.1, 0.15) is 79.1 Å². The van der Waals surface area contributed by atoms with Crippen LogP contribution in [-0.4, -0.2) is 47.1 Å². The molecule has 0 spiro atoms. The summed E-state index contributed by atoms with van der Waals surface area (Å²) in [5.41, 5.74) is 1.48. The smallest absolute Gasteiger partial charge is 0.416 e. The molecule has 2 N–H and O–H groups in total. The van der Waals surface area contributed by atoms with E-state index in [1.165, 1.54) is 0 Å². The molecule has 0 aliphatic heterocycles. The number of nitrogens with zero attached hydrogens (tertiary/aromatic N) is 2. The number of hydrogen-bond acceptors (Lipinski definition) is 4. The largest absolute Gasteiger partial charge is 0.481 e. The molecule has 0 saturated carbocycles. The molecule has 1 aromatic heterocycles. The van der Waals surface area contributed by atoms with Crippen LogP contribution < -0.4 is 10.9 Å². The summed E-state index contributed by atoms with van der Waals surface area (Å²) in [5.74, 6) is -2.95. The van der Waals surface area contributed by atoms with Crippen molar-refractivity contribution < 1.29 is 32.3 Å². The number of carboxylic acid groups (broad SMARTS) is 1. The first kappa shape index (κ1) is 36.5. The van der Waals surface area contributed by atoms with Gasteiger partial charge in [-0.05, 0) is 98.6 Å². The third-order valence-corrected chi connectivity index (χ3v) is 8.01. The van der Waals surface area contributed by atoms with Gasteiger partial charge in [-0.25, -0.2) is 4.39 Å². The average Bonchev–Trinajstić information content (AvgIpc) is 2.95. The van der Waals surface area contributed by atoms with Gasteiger partial charge in [-0.3, -0.25) is 14.4 Å². The first-order valence-corrected chi connectivity index (χ1v) is 15.3. The molecule has 46 heavy (non-hydrogen) atoms. The van der Waals surface area contributed by atoms with Gasteiger partial charge in [0.1, 0.15) is 11.9 Å². The van der Waals surface area contributed by atoms with Crippen LogP contribution in [0.3, 0.4) is 0 Å². The molecule has 0 aliphatic carbocycles. The molecule has 3 aromatic rings. The topological polar surface area (TPSA) is 91.6 Å². The summed E-state index contributed by atoms with van der Waals surface area (Å²) in [4.78, 5) is 40.8. The first-order valence-electron chi connectivity index (χ1n) is 15.3. The molecule has 3 rings (SSSR count). The van der Waals surface area contributed by atoms with Gasteiger partial charge in [-0.1, -0.05) is 39.0 Å². The lowest BCUT2D eigenvalue weighted by molar-refractivity contribution is -0.139. The molecule has 7 nitrogen and oxygen atoms in total. The zero-order valence-electron chi connectivity index (χ0n) is 27.4. The van der Waals surface area contributed by atoms with E-state index in [2.05, 4.69) is 5.32 Å². The molecule has 2 aromatic carbocycles. The molecular formula is C35H43F4N3O4. The molecule has 1 amide bonds. The highest BCUT2D eigenvalue weighted by Crippen LogP contribution is 2.35. The third-order valence-electron chi connectivity index (χ3n) is 8.01. The summed E-state index contributed by atoms with van der Waals surface area (Å²) in [7, 11) is 3.41. The van der Waals surface area contributed by atoms with Crippen LogP contribution in [0.5, 0.6) is 0 Å². The van der Waals surface area contributed by atoms with Gasteiger partial charge in [0.15, 0.2) is 0 Å². The average molecular weight is 646 g/mol. The van der Waals surface area contributed by atoms with Crippen molar-refractivity contribution in [2.75, 3.05) is 20.6 Å². The number of aromatic nitrogens is 1. The van der Waals surface area contributed by atoms with E-state index in [0.29, 0.717) is 18.1 Å². The summed E-state index contributed by atoms with van der Waals surface area (Å²) in [6, 6.07) is 6.92. The number of carbonyl (C=O) groups is 2. The number of pyridine rings is 1. The Kier molecular flexibility index (Phi) is 11.9. The minimum Gasteiger partial charge on any atom is -0.481 e. The highest BCUT2D eigenvalue weighted by Gasteiger charge is 2.36. The molecule has 2 atom stereocenters. The predicted octanol–water partition coefficient (Wildman–Crippen LogP) is 6.88. The Hall–Kier alpha value is -3.99. The lowest BCUT2D eigenvalue weighted by Gasteiger charge is -2.27. The monoisotopic (exact) mass is 645 g/mol. The lowest BCUT2D eigenvalue weighted by Crippen LogP contribution is -2.41. The number of nitrogens with one attached hydrogen (secondary N) is 1. The Bertz CT molecular complexity index is 1630. The first-order chi connectivity index (χ1) is 21.4. The number of carboxylic acids is 1. The highest BCUT2D eigenvalue weighted by atomic mass is 19.4. The van der Waals surface area contributed by atoms with Crippen molar-refractivity contribution in [3.8, 4) is 11.1 Å². The van der Waals surface area contributed by atoms with E-state index in [9.17, 15) is 32.7 Å². The van der Waals surface area contributed by atoms with Crippen LogP contribution in [0, 0.1) is 25.6 Å². The minimum absolute atomic E-state index is 0.0320. The Balaban J connectivity index is 2.15. The van der Waals surface area contributed by atoms with Crippen molar-refractivity contribution in [2.24, 2.45) is 5.92 Å². The van der Waals surface area contributed by atoms with Crippen LogP contribution in [0.15, 0.2) is 47.4 Å². The fourth-order valence-electron chi connectivity index (χ4n) is 5.75. The second kappa shape index (κ2) is 15.1. The van der Waals surface area contributed by atoms with E-state index in [4.69, 9.17) is 0 Å². The Labute approximate surface area is 267 Å². The molecule has 11 heteroatoms. The van der Waals surface area contributed by atoms with Gasteiger partial charge in [-0.15, -0.1) is 0 Å². The van der Waals surface area contributed by atoms with Crippen molar-refractivity contribution in [3.05, 3.63) is 92.1 Å². The Morgan fingerprint density at radius 1 is 1.04 bits per heavy atom. The number of alkyl halides is 3. The van der Waals surface area contributed by atoms with Crippen LogP contribution in [0.4, 0.5) is 17.6 Å². The van der Waals surface area contributed by atoms with Crippen LogP contribution >= 0.6 is 0 Å². The number of amides is 1. The number of rotatable bonds is 13. The summed E-state index contributed by atoms with van der Waals surface area (Å²) >= 11 is 0. The molecular weight excluding hydrogens is 602 g/mol. The Morgan fingerprint density at radius 2 is 1.72 bits per heavy atom. The second-order valence-electron chi connectivity index (χ2n) is 12.5. The zero-order valence-corrected chi connectivity index (χ0v) is 27.4. The van der Waals surface area contributed by atoms with E-state index >= 15 is 4.39 Å². The quantitative estimate of drug-likeness (QED) is 0.198. The van der Waals surface area contributed by atoms with Gasteiger partial charge in [0.25, 0.3) is 5.56 Å². The SMILES string of the molecule is CCc1cccc(C)c1-c1cc(C)c(F)c(C(CC(=O)O)NC(=O)C(CC(C)C)n2cc(CCN(C)C)c(C(F)(F)F)cc2=O)c1. The van der Waals surface area contributed by atoms with Gasteiger partial charge in [0.05, 0.1) is 18.0 Å². The molecule has 0 aliphatic rings. The number of aliphatic carboxylic acids is 1. The van der Waals surface area contributed by atoms with Crippen LogP contribution in [-0.2, 0) is 28.6 Å². The van der Waals surface area contributed by atoms with Gasteiger partial charge in [-0.2, -0.15) is 13.2 Å². The fourth-order valence-corrected chi connectivity index (χ4v) is 5.75. The maximum Gasteiger partial charge on any atom is 0.416 e. The van der Waals surface area contributed by atoms with Gasteiger partial charge in [0, 0.05) is 24.4 Å². The van der Waals surface area contributed by atoms with E-state index < -0.39 is 53.5 Å². The van der Waals surface area contributed by atoms with E-state index in [0.717, 1.165) is 27.5 Å². The van der Waals surface area contributed by atoms with Gasteiger partial charge < -0.3 is 19.9 Å². The molecule has 0 bridgehead atoms. The van der Waals surface area contributed by atoms with Crippen molar-refractivity contribution in [1.82, 2.24) is 14.8 Å². The van der Waals surface area contributed by atoms with Crippen molar-refractivity contribution in [1.29, 1.82) is 0 Å². The van der Waals surface area contributed by atoms with Crippen molar-refractivity contribution >= 4 is 11.9 Å². The number of likely N-dealkylation sites (N-methyl/N-ethyl adjacent to an activating group) is 1. The maximum atomic E-state index is 15.8. The van der Waals surface area contributed by atoms with Crippen molar-refractivity contribution in [3.63, 3.8) is 0 Å². The van der Waals surface area contributed by atoms with E-state index in [1.54, 1.807) is 51.9 Å². The van der Waals surface area contributed by atoms with Crippen LogP contribution in [0.2, 0.25) is 0 Å². The fraction of sp³-hybridized carbons (Fsp3) is 0.457. The lowest BCUT2D eigenvalue weighted by atomic mass is 9.89. The molecule has 250 valence electrons. The van der Waals surface area contributed by atoms with Gasteiger partial charge >= 0.3 is 12.1 Å². The number of hydrogen-bond donors (Lipinski definition) is 2. The number of benzene rings is 2. The van der Waals surface area contributed by atoms with Crippen LogP contribution in [0.25, 0.3) is 11.1 Å². The molecule has 1 heterocycles. The maximum absolute atomic E-state index is 15.8. The normalized spacial score (nSPS) is 13.2. The molecule has 2 unspecified atom stereocenters. The molecule has 0 radical (unpaired) electrons.